The summed E-state index contributed by atoms with van der Waals surface area (Å²) >= 11 is 0. The molecule has 3 rings (SSSR count). The molecular formula is C20H26N4O2. The van der Waals surface area contributed by atoms with Gasteiger partial charge in [0, 0.05) is 37.7 Å². The fourth-order valence-corrected chi connectivity index (χ4v) is 2.81. The third kappa shape index (κ3) is 4.23. The van der Waals surface area contributed by atoms with E-state index in [4.69, 9.17) is 4.42 Å². The number of hydrogen-bond donors (Lipinski definition) is 0. The summed E-state index contributed by atoms with van der Waals surface area (Å²) in [6.45, 7) is 10.6. The Balaban J connectivity index is 0.00000117. The minimum Gasteiger partial charge on any atom is -0.423 e. The Bertz CT molecular complexity index is 768. The van der Waals surface area contributed by atoms with E-state index in [9.17, 15) is 10.1 Å². The SMILES string of the molecule is CC.CC(C)C(=O)N1CCN(c2ncc(-c3ccccc3C#N)o2)CC1. The molecule has 6 heteroatoms. The number of nitrogens with zero attached hydrogens (tertiary/aromatic N) is 4. The van der Waals surface area contributed by atoms with Crippen molar-refractivity contribution in [2.45, 2.75) is 27.7 Å². The molecule has 1 saturated heterocycles. The van der Waals surface area contributed by atoms with Crippen LogP contribution in [0.3, 0.4) is 0 Å². The molecule has 1 fully saturated rings. The molecule has 1 aliphatic rings. The summed E-state index contributed by atoms with van der Waals surface area (Å²) in [6.07, 6.45) is 1.65. The average molecular weight is 354 g/mol. The highest BCUT2D eigenvalue weighted by Crippen LogP contribution is 2.27. The summed E-state index contributed by atoms with van der Waals surface area (Å²) in [6, 6.07) is 10.0. The summed E-state index contributed by atoms with van der Waals surface area (Å²) in [7, 11) is 0. The van der Waals surface area contributed by atoms with Gasteiger partial charge < -0.3 is 14.2 Å². The number of piperazine rings is 1. The van der Waals surface area contributed by atoms with Gasteiger partial charge in [0.15, 0.2) is 5.76 Å². The maximum Gasteiger partial charge on any atom is 0.297 e. The maximum atomic E-state index is 12.0. The van der Waals surface area contributed by atoms with Crippen molar-refractivity contribution >= 4 is 11.9 Å². The fraction of sp³-hybridized carbons (Fsp3) is 0.450. The number of benzene rings is 1. The number of amides is 1. The van der Waals surface area contributed by atoms with Gasteiger partial charge >= 0.3 is 0 Å². The summed E-state index contributed by atoms with van der Waals surface area (Å²) in [5, 5.41) is 9.20. The molecular weight excluding hydrogens is 328 g/mol. The van der Waals surface area contributed by atoms with Crippen LogP contribution in [0.5, 0.6) is 0 Å². The Hall–Kier alpha value is -2.81. The van der Waals surface area contributed by atoms with E-state index in [2.05, 4.69) is 11.1 Å². The molecule has 1 amide bonds. The van der Waals surface area contributed by atoms with Crippen LogP contribution >= 0.6 is 0 Å². The van der Waals surface area contributed by atoms with Gasteiger partial charge in [0.05, 0.1) is 17.8 Å². The number of carbonyl (C=O) groups excluding carboxylic acids is 1. The highest BCUT2D eigenvalue weighted by molar-refractivity contribution is 5.78. The minimum atomic E-state index is 0.0207. The highest BCUT2D eigenvalue weighted by atomic mass is 16.4. The van der Waals surface area contributed by atoms with Gasteiger partial charge in [-0.25, -0.2) is 4.98 Å². The van der Waals surface area contributed by atoms with Crippen LogP contribution in [0.2, 0.25) is 0 Å². The number of oxazole rings is 1. The molecule has 0 atom stereocenters. The second kappa shape index (κ2) is 9.04. The molecule has 26 heavy (non-hydrogen) atoms. The van der Waals surface area contributed by atoms with Crippen molar-refractivity contribution in [3.8, 4) is 17.4 Å². The molecule has 0 spiro atoms. The van der Waals surface area contributed by atoms with Crippen molar-refractivity contribution < 1.29 is 9.21 Å². The molecule has 0 N–H and O–H groups in total. The second-order valence-corrected chi connectivity index (χ2v) is 6.13. The first kappa shape index (κ1) is 19.5. The molecule has 0 saturated carbocycles. The predicted octanol–water partition coefficient (Wildman–Crippen LogP) is 3.54. The lowest BCUT2D eigenvalue weighted by molar-refractivity contribution is -0.134. The fourth-order valence-electron chi connectivity index (χ4n) is 2.81. The lowest BCUT2D eigenvalue weighted by atomic mass is 10.1. The zero-order valence-corrected chi connectivity index (χ0v) is 15.9. The van der Waals surface area contributed by atoms with Gasteiger partial charge in [-0.2, -0.15) is 5.26 Å². The van der Waals surface area contributed by atoms with Crippen LogP contribution in [-0.4, -0.2) is 42.0 Å². The number of nitriles is 1. The van der Waals surface area contributed by atoms with Crippen molar-refractivity contribution in [1.82, 2.24) is 9.88 Å². The van der Waals surface area contributed by atoms with Gasteiger partial charge in [-0.05, 0) is 12.1 Å². The Morgan fingerprint density at radius 1 is 1.19 bits per heavy atom. The number of rotatable bonds is 3. The van der Waals surface area contributed by atoms with E-state index >= 15 is 0 Å². The van der Waals surface area contributed by atoms with Crippen LogP contribution in [0.25, 0.3) is 11.3 Å². The van der Waals surface area contributed by atoms with Gasteiger partial charge in [-0.1, -0.05) is 39.8 Å². The topological polar surface area (TPSA) is 73.4 Å². The normalized spacial score (nSPS) is 13.8. The average Bonchev–Trinajstić information content (AvgIpc) is 3.19. The molecule has 1 aromatic heterocycles. The monoisotopic (exact) mass is 354 g/mol. The quantitative estimate of drug-likeness (QED) is 0.843. The number of hydrogen-bond acceptors (Lipinski definition) is 5. The van der Waals surface area contributed by atoms with E-state index in [0.717, 1.165) is 5.56 Å². The lowest BCUT2D eigenvalue weighted by Gasteiger charge is -2.34. The minimum absolute atomic E-state index is 0.0207. The van der Waals surface area contributed by atoms with Crippen molar-refractivity contribution in [3.63, 3.8) is 0 Å². The molecule has 138 valence electrons. The van der Waals surface area contributed by atoms with Crippen molar-refractivity contribution in [2.75, 3.05) is 31.1 Å². The molecule has 6 nitrogen and oxygen atoms in total. The molecule has 1 aromatic carbocycles. The zero-order chi connectivity index (χ0) is 19.1. The Morgan fingerprint density at radius 2 is 1.85 bits per heavy atom. The molecule has 0 aliphatic carbocycles. The second-order valence-electron chi connectivity index (χ2n) is 6.13. The summed E-state index contributed by atoms with van der Waals surface area (Å²) in [4.78, 5) is 20.3. The van der Waals surface area contributed by atoms with Crippen LogP contribution in [0.1, 0.15) is 33.3 Å². The third-order valence-corrected chi connectivity index (χ3v) is 4.16. The highest BCUT2D eigenvalue weighted by Gasteiger charge is 2.25. The van der Waals surface area contributed by atoms with E-state index in [0.29, 0.717) is 43.5 Å². The van der Waals surface area contributed by atoms with Gasteiger partial charge in [0.1, 0.15) is 0 Å². The van der Waals surface area contributed by atoms with Crippen molar-refractivity contribution in [3.05, 3.63) is 36.0 Å². The molecule has 1 aliphatic heterocycles. The van der Waals surface area contributed by atoms with Crippen LogP contribution in [0, 0.1) is 17.2 Å². The van der Waals surface area contributed by atoms with E-state index in [1.807, 2.05) is 55.7 Å². The standard InChI is InChI=1S/C18H20N4O2.C2H6/c1-13(2)17(23)21-7-9-22(10-8-21)18-20-12-16(24-18)15-6-4-3-5-14(15)11-19;1-2/h3-6,12-13H,7-10H2,1-2H3;1-2H3. The molecule has 2 aromatic rings. The van der Waals surface area contributed by atoms with E-state index in [-0.39, 0.29) is 11.8 Å². The smallest absolute Gasteiger partial charge is 0.297 e. The molecule has 2 heterocycles. The maximum absolute atomic E-state index is 12.0. The zero-order valence-electron chi connectivity index (χ0n) is 15.9. The van der Waals surface area contributed by atoms with E-state index in [1.165, 1.54) is 0 Å². The van der Waals surface area contributed by atoms with E-state index < -0.39 is 0 Å². The van der Waals surface area contributed by atoms with Crippen LogP contribution in [0.4, 0.5) is 6.01 Å². The Labute approximate surface area is 155 Å². The molecule has 0 unspecified atom stereocenters. The Kier molecular flexibility index (Phi) is 6.79. The number of aromatic nitrogens is 1. The van der Waals surface area contributed by atoms with Gasteiger partial charge in [0.2, 0.25) is 5.91 Å². The van der Waals surface area contributed by atoms with Crippen LogP contribution < -0.4 is 4.90 Å². The first-order chi connectivity index (χ1) is 12.6. The van der Waals surface area contributed by atoms with Crippen LogP contribution in [-0.2, 0) is 4.79 Å². The van der Waals surface area contributed by atoms with Crippen molar-refractivity contribution in [2.24, 2.45) is 5.92 Å². The number of anilines is 1. The number of carbonyl (C=O) groups is 1. The summed E-state index contributed by atoms with van der Waals surface area (Å²) in [5.41, 5.74) is 1.31. The van der Waals surface area contributed by atoms with Gasteiger partial charge in [-0.15, -0.1) is 0 Å². The molecule has 0 bridgehead atoms. The van der Waals surface area contributed by atoms with Crippen LogP contribution in [0.15, 0.2) is 34.9 Å². The molecule has 0 radical (unpaired) electrons. The lowest BCUT2D eigenvalue weighted by Crippen LogP contribution is -2.50. The van der Waals surface area contributed by atoms with Gasteiger partial charge in [0.25, 0.3) is 6.01 Å². The summed E-state index contributed by atoms with van der Waals surface area (Å²) in [5.74, 6) is 0.793. The largest absolute Gasteiger partial charge is 0.423 e. The first-order valence-electron chi connectivity index (χ1n) is 9.09. The summed E-state index contributed by atoms with van der Waals surface area (Å²) < 4.78 is 5.86. The predicted molar refractivity (Wildman–Crippen MR) is 102 cm³/mol. The Morgan fingerprint density at radius 3 is 2.46 bits per heavy atom. The van der Waals surface area contributed by atoms with Crippen molar-refractivity contribution in [1.29, 1.82) is 5.26 Å². The first-order valence-corrected chi connectivity index (χ1v) is 9.09. The van der Waals surface area contributed by atoms with Gasteiger partial charge in [-0.3, -0.25) is 4.79 Å². The van der Waals surface area contributed by atoms with E-state index in [1.54, 1.807) is 12.3 Å². The third-order valence-electron chi connectivity index (χ3n) is 4.16.